The highest BCUT2D eigenvalue weighted by molar-refractivity contribution is 5.24. The number of alkyl halides is 2. The fourth-order valence-corrected chi connectivity index (χ4v) is 4.18. The molecule has 0 aliphatic heterocycles. The van der Waals surface area contributed by atoms with Crippen LogP contribution in [-0.4, -0.2) is 6.04 Å². The summed E-state index contributed by atoms with van der Waals surface area (Å²) in [5.41, 5.74) is 1.08. The molecular weight excluding hydrogens is 256 g/mol. The van der Waals surface area contributed by atoms with Crippen molar-refractivity contribution in [3.8, 4) is 0 Å². The van der Waals surface area contributed by atoms with Gasteiger partial charge in [0.2, 0.25) is 0 Å². The molecule has 2 fully saturated rings. The third-order valence-electron chi connectivity index (χ3n) is 5.27. The second-order valence-electron chi connectivity index (χ2n) is 6.55. The third-order valence-corrected chi connectivity index (χ3v) is 5.27. The number of fused-ring (bicyclic) bond motifs is 2. The lowest BCUT2D eigenvalue weighted by atomic mass is 9.84. The standard InChI is InChI=1S/C17H23F2N/c1-11(16-9-12-5-6-14(16)7-12)20-10-13-3-2-4-15(8-13)17(18)19/h2-4,8,11-12,14,16-17,20H,5-7,9-10H2,1H3. The van der Waals surface area contributed by atoms with Gasteiger partial charge in [-0.15, -0.1) is 0 Å². The maximum absolute atomic E-state index is 12.7. The van der Waals surface area contributed by atoms with Crippen LogP contribution in [0, 0.1) is 17.8 Å². The zero-order valence-corrected chi connectivity index (χ0v) is 12.0. The second-order valence-corrected chi connectivity index (χ2v) is 6.55. The van der Waals surface area contributed by atoms with E-state index in [9.17, 15) is 8.78 Å². The van der Waals surface area contributed by atoms with E-state index in [4.69, 9.17) is 0 Å². The van der Waals surface area contributed by atoms with Crippen LogP contribution in [0.1, 0.15) is 50.2 Å². The fraction of sp³-hybridized carbons (Fsp3) is 0.647. The fourth-order valence-electron chi connectivity index (χ4n) is 4.18. The van der Waals surface area contributed by atoms with Crippen molar-refractivity contribution in [2.75, 3.05) is 0 Å². The molecule has 4 unspecified atom stereocenters. The van der Waals surface area contributed by atoms with Crippen LogP contribution in [0.2, 0.25) is 0 Å². The van der Waals surface area contributed by atoms with Crippen LogP contribution < -0.4 is 5.32 Å². The molecule has 110 valence electrons. The van der Waals surface area contributed by atoms with Crippen molar-refractivity contribution in [2.45, 2.75) is 51.6 Å². The molecule has 2 bridgehead atoms. The van der Waals surface area contributed by atoms with Gasteiger partial charge in [0.25, 0.3) is 6.43 Å². The molecule has 1 N–H and O–H groups in total. The first-order chi connectivity index (χ1) is 9.63. The van der Waals surface area contributed by atoms with Crippen molar-refractivity contribution >= 4 is 0 Å². The van der Waals surface area contributed by atoms with E-state index in [2.05, 4.69) is 12.2 Å². The van der Waals surface area contributed by atoms with Crippen molar-refractivity contribution in [3.05, 3.63) is 35.4 Å². The maximum atomic E-state index is 12.7. The Balaban J connectivity index is 1.55. The summed E-state index contributed by atoms with van der Waals surface area (Å²) in [6, 6.07) is 7.24. The summed E-state index contributed by atoms with van der Waals surface area (Å²) < 4.78 is 25.3. The van der Waals surface area contributed by atoms with Crippen LogP contribution >= 0.6 is 0 Å². The highest BCUT2D eigenvalue weighted by Crippen LogP contribution is 2.49. The minimum Gasteiger partial charge on any atom is -0.310 e. The zero-order chi connectivity index (χ0) is 14.1. The Kier molecular flexibility index (Phi) is 4.06. The van der Waals surface area contributed by atoms with E-state index in [1.807, 2.05) is 6.07 Å². The van der Waals surface area contributed by atoms with Crippen molar-refractivity contribution in [2.24, 2.45) is 17.8 Å². The number of rotatable bonds is 5. The van der Waals surface area contributed by atoms with E-state index >= 15 is 0 Å². The summed E-state index contributed by atoms with van der Waals surface area (Å²) in [4.78, 5) is 0. The minimum absolute atomic E-state index is 0.122. The Morgan fingerprint density at radius 3 is 2.75 bits per heavy atom. The molecule has 1 aromatic carbocycles. The van der Waals surface area contributed by atoms with Gasteiger partial charge in [0.15, 0.2) is 0 Å². The largest absolute Gasteiger partial charge is 0.310 e. The first-order valence-electron chi connectivity index (χ1n) is 7.74. The monoisotopic (exact) mass is 279 g/mol. The highest BCUT2D eigenvalue weighted by atomic mass is 19.3. The number of hydrogen-bond donors (Lipinski definition) is 1. The van der Waals surface area contributed by atoms with Crippen LogP contribution in [0.15, 0.2) is 24.3 Å². The van der Waals surface area contributed by atoms with Gasteiger partial charge in [-0.25, -0.2) is 8.78 Å². The highest BCUT2D eigenvalue weighted by Gasteiger charge is 2.41. The van der Waals surface area contributed by atoms with Crippen molar-refractivity contribution in [1.29, 1.82) is 0 Å². The van der Waals surface area contributed by atoms with Gasteiger partial charge < -0.3 is 5.32 Å². The number of nitrogens with one attached hydrogen (secondary N) is 1. The average molecular weight is 279 g/mol. The number of halogens is 2. The lowest BCUT2D eigenvalue weighted by Crippen LogP contribution is -2.35. The second kappa shape index (κ2) is 5.80. The van der Waals surface area contributed by atoms with Crippen LogP contribution in [-0.2, 0) is 6.54 Å². The van der Waals surface area contributed by atoms with Crippen LogP contribution in [0.3, 0.4) is 0 Å². The first kappa shape index (κ1) is 14.0. The third kappa shape index (κ3) is 2.88. The predicted molar refractivity (Wildman–Crippen MR) is 76.6 cm³/mol. The van der Waals surface area contributed by atoms with Gasteiger partial charge in [0, 0.05) is 18.2 Å². The van der Waals surface area contributed by atoms with E-state index < -0.39 is 6.43 Å². The Morgan fingerprint density at radius 1 is 1.25 bits per heavy atom. The normalized spacial score (nSPS) is 30.1. The lowest BCUT2D eigenvalue weighted by Gasteiger charge is -2.28. The van der Waals surface area contributed by atoms with Gasteiger partial charge in [-0.3, -0.25) is 0 Å². The average Bonchev–Trinajstić information content (AvgIpc) is 3.07. The molecule has 2 aliphatic rings. The van der Waals surface area contributed by atoms with Crippen LogP contribution in [0.4, 0.5) is 8.78 Å². The van der Waals surface area contributed by atoms with Crippen LogP contribution in [0.5, 0.6) is 0 Å². The summed E-state index contributed by atoms with van der Waals surface area (Å²) >= 11 is 0. The van der Waals surface area contributed by atoms with E-state index in [0.29, 0.717) is 12.6 Å². The Morgan fingerprint density at radius 2 is 2.10 bits per heavy atom. The predicted octanol–water partition coefficient (Wildman–Crippen LogP) is 4.54. The van der Waals surface area contributed by atoms with Crippen molar-refractivity contribution in [1.82, 2.24) is 5.32 Å². The van der Waals surface area contributed by atoms with Crippen molar-refractivity contribution in [3.63, 3.8) is 0 Å². The molecule has 0 radical (unpaired) electrons. The number of benzene rings is 1. The smallest absolute Gasteiger partial charge is 0.263 e. The van der Waals surface area contributed by atoms with Gasteiger partial charge in [-0.05, 0) is 55.6 Å². The molecule has 2 saturated carbocycles. The molecule has 3 heteroatoms. The van der Waals surface area contributed by atoms with Crippen molar-refractivity contribution < 1.29 is 8.78 Å². The van der Waals surface area contributed by atoms with E-state index in [-0.39, 0.29) is 5.56 Å². The van der Waals surface area contributed by atoms with Crippen LogP contribution in [0.25, 0.3) is 0 Å². The molecule has 20 heavy (non-hydrogen) atoms. The molecule has 0 heterocycles. The zero-order valence-electron chi connectivity index (χ0n) is 12.0. The van der Waals surface area contributed by atoms with Gasteiger partial charge >= 0.3 is 0 Å². The van der Waals surface area contributed by atoms with Gasteiger partial charge in [-0.1, -0.05) is 24.6 Å². The summed E-state index contributed by atoms with van der Waals surface area (Å²) in [6.45, 7) is 2.94. The summed E-state index contributed by atoms with van der Waals surface area (Å²) in [5.74, 6) is 2.64. The van der Waals surface area contributed by atoms with Gasteiger partial charge in [0.05, 0.1) is 0 Å². The Hall–Kier alpha value is -0.960. The quantitative estimate of drug-likeness (QED) is 0.834. The molecule has 1 aromatic rings. The van der Waals surface area contributed by atoms with E-state index in [1.54, 1.807) is 12.1 Å². The first-order valence-corrected chi connectivity index (χ1v) is 7.74. The maximum Gasteiger partial charge on any atom is 0.263 e. The van der Waals surface area contributed by atoms with Gasteiger partial charge in [-0.2, -0.15) is 0 Å². The van der Waals surface area contributed by atoms with E-state index in [0.717, 1.165) is 23.3 Å². The molecule has 0 saturated heterocycles. The molecule has 0 aromatic heterocycles. The number of hydrogen-bond acceptors (Lipinski definition) is 1. The molecule has 2 aliphatic carbocycles. The summed E-state index contributed by atoms with van der Waals surface area (Å²) in [6.07, 6.45) is 3.21. The lowest BCUT2D eigenvalue weighted by molar-refractivity contribution is 0.151. The molecule has 1 nitrogen and oxygen atoms in total. The van der Waals surface area contributed by atoms with E-state index in [1.165, 1.54) is 31.7 Å². The van der Waals surface area contributed by atoms with Gasteiger partial charge in [0.1, 0.15) is 0 Å². The minimum atomic E-state index is -2.38. The molecule has 4 atom stereocenters. The summed E-state index contributed by atoms with van der Waals surface area (Å²) in [7, 11) is 0. The summed E-state index contributed by atoms with van der Waals surface area (Å²) in [5, 5.41) is 3.55. The molecule has 0 amide bonds. The molecule has 3 rings (SSSR count). The Bertz CT molecular complexity index is 460. The Labute approximate surface area is 119 Å². The SMILES string of the molecule is CC(NCc1cccc(C(F)F)c1)C1CC2CCC1C2. The topological polar surface area (TPSA) is 12.0 Å². The molecule has 0 spiro atoms. The molecular formula is C17H23F2N.